The molecule has 0 heterocycles. The second-order valence-corrected chi connectivity index (χ2v) is 14.2. The highest BCUT2D eigenvalue weighted by molar-refractivity contribution is 6.10. The number of phenols is 1. The number of aliphatic hydroxyl groups excluding tert-OH is 1. The van der Waals surface area contributed by atoms with Crippen LogP contribution in [0.15, 0.2) is 103 Å². The third kappa shape index (κ3) is 11.9. The van der Waals surface area contributed by atoms with Crippen molar-refractivity contribution in [3.8, 4) is 17.2 Å². The minimum atomic E-state index is -1.65. The van der Waals surface area contributed by atoms with Gasteiger partial charge in [0.2, 0.25) is 11.8 Å². The van der Waals surface area contributed by atoms with E-state index in [0.29, 0.717) is 11.3 Å². The van der Waals surface area contributed by atoms with Crippen LogP contribution in [0.5, 0.6) is 17.2 Å². The van der Waals surface area contributed by atoms with Crippen LogP contribution in [0.4, 0.5) is 28.4 Å². The Kier molecular flexibility index (Phi) is 15.3. The van der Waals surface area contributed by atoms with Crippen molar-refractivity contribution in [2.45, 2.75) is 38.3 Å². The van der Waals surface area contributed by atoms with Crippen LogP contribution in [0.25, 0.3) is 0 Å². The van der Waals surface area contributed by atoms with E-state index in [2.05, 4.69) is 26.6 Å². The Morgan fingerprint density at radius 1 is 0.723 bits per heavy atom. The molecule has 338 valence electrons. The highest BCUT2D eigenvalue weighted by Crippen LogP contribution is 2.39. The minimum absolute atomic E-state index is 0.0000875. The van der Waals surface area contributed by atoms with Gasteiger partial charge in [0.05, 0.1) is 40.6 Å². The van der Waals surface area contributed by atoms with Crippen molar-refractivity contribution >= 4 is 63.9 Å². The van der Waals surface area contributed by atoms with Crippen LogP contribution in [0, 0.1) is 10.1 Å². The third-order valence-electron chi connectivity index (χ3n) is 9.37. The number of nitro benzene ring substituents is 1. The molecule has 21 heteroatoms. The van der Waals surface area contributed by atoms with Gasteiger partial charge < -0.3 is 61.8 Å². The number of carboxylic acid groups (broad SMARTS) is 1. The zero-order valence-electron chi connectivity index (χ0n) is 35.0. The number of nitro groups is 1. The molecule has 10 N–H and O–H groups in total. The van der Waals surface area contributed by atoms with Crippen LogP contribution in [-0.2, 0) is 14.3 Å². The van der Waals surface area contributed by atoms with E-state index in [1.807, 2.05) is 0 Å². The lowest BCUT2D eigenvalue weighted by atomic mass is 10.1. The van der Waals surface area contributed by atoms with E-state index in [0.717, 1.165) is 7.11 Å². The topological polar surface area (TPSA) is 320 Å². The monoisotopic (exact) mass is 893 g/mol. The molecule has 3 atom stereocenters. The lowest BCUT2D eigenvalue weighted by molar-refractivity contribution is -0.384. The largest absolute Gasteiger partial charge is 0.504 e. The average Bonchev–Trinajstić information content (AvgIpc) is 3.27. The Hall–Kier alpha value is -8.56. The number of methoxy groups -OCH3 is 2. The van der Waals surface area contributed by atoms with Gasteiger partial charge in [-0.25, -0.2) is 4.79 Å². The molecule has 21 nitrogen and oxygen atoms in total. The second-order valence-electron chi connectivity index (χ2n) is 14.2. The van der Waals surface area contributed by atoms with Crippen LogP contribution in [0.3, 0.4) is 0 Å². The zero-order valence-corrected chi connectivity index (χ0v) is 35.0. The Labute approximate surface area is 369 Å². The van der Waals surface area contributed by atoms with Crippen molar-refractivity contribution in [2.24, 2.45) is 5.73 Å². The number of hydrogen-bond acceptors (Lipinski definition) is 14. The SMILES string of the molecule is COc1cc(C(=O)O)ccc1NC(=O)c1ccc(NC(=O)c2ccc(NC(=O)C(NC(=O)c3ccc(NC(O)c4ccc([N+](=O)[O-])cc4)cc3)C(OC)C(N)=O)cc2)c(OC(C)C)c1O. The van der Waals surface area contributed by atoms with Crippen LogP contribution in [0.1, 0.15) is 67.1 Å². The fraction of sp³-hybridized carbons (Fsp3) is 0.182. The van der Waals surface area contributed by atoms with Crippen LogP contribution in [0.2, 0.25) is 0 Å². The number of aliphatic hydroxyl groups is 1. The predicted octanol–water partition coefficient (Wildman–Crippen LogP) is 4.64. The molecule has 5 aromatic rings. The van der Waals surface area contributed by atoms with E-state index in [1.54, 1.807) is 13.8 Å². The smallest absolute Gasteiger partial charge is 0.335 e. The molecule has 0 aliphatic heterocycles. The van der Waals surface area contributed by atoms with E-state index in [4.69, 9.17) is 19.9 Å². The first-order chi connectivity index (χ1) is 30.9. The predicted molar refractivity (Wildman–Crippen MR) is 234 cm³/mol. The number of aromatic hydroxyl groups is 1. The van der Waals surface area contributed by atoms with Gasteiger partial charge in [0.25, 0.3) is 23.4 Å². The number of nitrogens with zero attached hydrogens (tertiary/aromatic N) is 1. The highest BCUT2D eigenvalue weighted by Gasteiger charge is 2.35. The number of carbonyl (C=O) groups excluding carboxylic acids is 5. The van der Waals surface area contributed by atoms with E-state index >= 15 is 0 Å². The Balaban J connectivity index is 1.26. The first-order valence-electron chi connectivity index (χ1n) is 19.3. The first-order valence-corrected chi connectivity index (χ1v) is 19.3. The number of ether oxygens (including phenoxy) is 3. The molecule has 65 heavy (non-hydrogen) atoms. The molecule has 5 rings (SSSR count). The number of aromatic carboxylic acids is 1. The fourth-order valence-corrected chi connectivity index (χ4v) is 6.10. The number of nitrogens with two attached hydrogens (primary N) is 1. The van der Waals surface area contributed by atoms with Crippen LogP contribution in [-0.4, -0.2) is 88.2 Å². The molecule has 0 radical (unpaired) electrons. The fourth-order valence-electron chi connectivity index (χ4n) is 6.10. The van der Waals surface area contributed by atoms with Gasteiger partial charge in [-0.1, -0.05) is 0 Å². The van der Waals surface area contributed by atoms with Crippen molar-refractivity contribution in [1.29, 1.82) is 0 Å². The summed E-state index contributed by atoms with van der Waals surface area (Å²) in [5, 5.41) is 54.9. The third-order valence-corrected chi connectivity index (χ3v) is 9.37. The summed E-state index contributed by atoms with van der Waals surface area (Å²) in [6, 6.07) is 21.1. The molecular formula is C44H43N7O14. The van der Waals surface area contributed by atoms with Gasteiger partial charge in [0.15, 0.2) is 23.8 Å². The van der Waals surface area contributed by atoms with Gasteiger partial charge in [0, 0.05) is 47.3 Å². The van der Waals surface area contributed by atoms with Crippen molar-refractivity contribution in [1.82, 2.24) is 5.32 Å². The Morgan fingerprint density at radius 3 is 1.85 bits per heavy atom. The number of primary amides is 1. The molecule has 0 spiro atoms. The second kappa shape index (κ2) is 21.0. The number of nitrogens with one attached hydrogen (secondary N) is 5. The molecule has 3 unspecified atom stereocenters. The van der Waals surface area contributed by atoms with Crippen molar-refractivity contribution < 1.29 is 63.2 Å². The molecule has 0 aromatic heterocycles. The minimum Gasteiger partial charge on any atom is -0.504 e. The summed E-state index contributed by atoms with van der Waals surface area (Å²) in [4.78, 5) is 87.6. The van der Waals surface area contributed by atoms with Gasteiger partial charge in [-0.2, -0.15) is 0 Å². The maximum absolute atomic E-state index is 13.6. The van der Waals surface area contributed by atoms with E-state index in [1.165, 1.54) is 110 Å². The molecule has 0 aliphatic rings. The first kappa shape index (κ1) is 47.5. The molecule has 0 aliphatic carbocycles. The highest BCUT2D eigenvalue weighted by atomic mass is 16.6. The number of non-ortho nitro benzene ring substituents is 1. The number of rotatable bonds is 19. The van der Waals surface area contributed by atoms with Crippen molar-refractivity contribution in [2.75, 3.05) is 35.5 Å². The van der Waals surface area contributed by atoms with Crippen LogP contribution >= 0.6 is 0 Å². The van der Waals surface area contributed by atoms with Gasteiger partial charge in [-0.3, -0.25) is 34.1 Å². The van der Waals surface area contributed by atoms with Crippen molar-refractivity contribution in [3.05, 3.63) is 141 Å². The maximum atomic E-state index is 13.6. The number of benzene rings is 5. The molecular weight excluding hydrogens is 851 g/mol. The number of carboxylic acids is 1. The maximum Gasteiger partial charge on any atom is 0.335 e. The molecule has 5 aromatic carbocycles. The Morgan fingerprint density at radius 2 is 1.29 bits per heavy atom. The lowest BCUT2D eigenvalue weighted by Crippen LogP contribution is -2.56. The quantitative estimate of drug-likeness (QED) is 0.0310. The Bertz CT molecular complexity index is 2600. The standard InChI is InChI=1S/C44H43N7O14/c1-22(2)65-36-32(20-18-30(35(36)52)42(57)48-31-19-11-26(44(59)60)21-33(31)63-3)49-40(55)23-5-14-28(15-6-23)47-43(58)34(37(64-4)38(45)53)50-41(56)24-7-12-27(13-8-24)46-39(54)25-9-16-29(17-10-25)51(61)62/h5-22,34,37,39,46,52,54H,1-4H3,(H2,45,53)(H,47,58)(H,48,57)(H,49,55)(H,50,56)(H,59,60). The van der Waals surface area contributed by atoms with Gasteiger partial charge in [0.1, 0.15) is 11.8 Å². The normalized spacial score (nSPS) is 12.2. The summed E-state index contributed by atoms with van der Waals surface area (Å²) in [6.45, 7) is 3.32. The molecule has 5 amide bonds. The summed E-state index contributed by atoms with van der Waals surface area (Å²) in [5.74, 6) is -6.23. The van der Waals surface area contributed by atoms with E-state index in [-0.39, 0.29) is 56.5 Å². The summed E-state index contributed by atoms with van der Waals surface area (Å²) >= 11 is 0. The molecule has 0 fully saturated rings. The zero-order chi connectivity index (χ0) is 47.5. The summed E-state index contributed by atoms with van der Waals surface area (Å²) in [7, 11) is 2.41. The number of anilines is 4. The van der Waals surface area contributed by atoms with Gasteiger partial charge in [-0.05, 0) is 105 Å². The number of carbonyl (C=O) groups is 6. The van der Waals surface area contributed by atoms with Crippen LogP contribution < -0.4 is 41.8 Å². The van der Waals surface area contributed by atoms with E-state index < -0.39 is 70.7 Å². The molecule has 0 saturated carbocycles. The summed E-state index contributed by atoms with van der Waals surface area (Å²) in [6.07, 6.45) is -3.39. The van der Waals surface area contributed by atoms with Gasteiger partial charge in [-0.15, -0.1) is 0 Å². The number of hydrogen-bond donors (Lipinski definition) is 9. The number of amides is 5. The van der Waals surface area contributed by atoms with E-state index in [9.17, 15) is 54.2 Å². The van der Waals surface area contributed by atoms with Crippen molar-refractivity contribution in [3.63, 3.8) is 0 Å². The average molecular weight is 894 g/mol. The van der Waals surface area contributed by atoms with Gasteiger partial charge >= 0.3 is 5.97 Å². The molecule has 0 bridgehead atoms. The number of phenolic OH excluding ortho intramolecular Hbond substituents is 1. The lowest BCUT2D eigenvalue weighted by Gasteiger charge is -2.24. The summed E-state index contributed by atoms with van der Waals surface area (Å²) in [5.41, 5.74) is 6.13. The molecule has 0 saturated heterocycles. The summed E-state index contributed by atoms with van der Waals surface area (Å²) < 4.78 is 16.2.